The van der Waals surface area contributed by atoms with E-state index in [1.54, 1.807) is 33.3 Å². The van der Waals surface area contributed by atoms with Gasteiger partial charge in [0, 0.05) is 22.6 Å². The van der Waals surface area contributed by atoms with Crippen LogP contribution in [0.25, 0.3) is 5.76 Å². The number of anilines is 1. The monoisotopic (exact) mass is 850 g/mol. The third kappa shape index (κ3) is 7.71. The Morgan fingerprint density at radius 3 is 2.05 bits per heavy atom. The minimum Gasteiger partial charge on any atom is -0.507 e. The molecule has 1 aromatic heterocycles. The van der Waals surface area contributed by atoms with Crippen LogP contribution < -0.4 is 19.5 Å². The molecule has 3 aliphatic carbocycles. The number of aliphatic hydroxyl groups excluding tert-OH is 1. The molecule has 0 radical (unpaired) electrons. The molecule has 1 fully saturated rings. The van der Waals surface area contributed by atoms with Crippen molar-refractivity contribution in [3.8, 4) is 11.6 Å². The number of ether oxygens (including phenoxy) is 3. The third-order valence-electron chi connectivity index (χ3n) is 11.7. The molecule has 1 heterocycles. The highest BCUT2D eigenvalue weighted by atomic mass is 32.2. The summed E-state index contributed by atoms with van der Waals surface area (Å²) >= 11 is 0. The van der Waals surface area contributed by atoms with Crippen molar-refractivity contribution in [1.29, 1.82) is 0 Å². The second-order valence-electron chi connectivity index (χ2n) is 15.9. The van der Waals surface area contributed by atoms with Crippen LogP contribution in [-0.4, -0.2) is 74.7 Å². The number of sulfonamides is 1. The van der Waals surface area contributed by atoms with Gasteiger partial charge in [-0.1, -0.05) is 91.0 Å². The topological polar surface area (TPSA) is 170 Å². The molecule has 5 aromatic rings. The second-order valence-corrected chi connectivity index (χ2v) is 17.7. The molecule has 0 unspecified atom stereocenters. The molecule has 4 atom stereocenters. The average molecular weight is 851 g/mol. The fourth-order valence-corrected chi connectivity index (χ4v) is 9.61. The van der Waals surface area contributed by atoms with Gasteiger partial charge in [0.1, 0.15) is 30.4 Å². The fourth-order valence-electron chi connectivity index (χ4n) is 9.02. The van der Waals surface area contributed by atoms with Crippen molar-refractivity contribution < 1.29 is 46.2 Å². The van der Waals surface area contributed by atoms with Crippen LogP contribution in [0.5, 0.6) is 11.6 Å². The Morgan fingerprint density at radius 2 is 1.48 bits per heavy atom. The minimum absolute atomic E-state index is 0.0360. The van der Waals surface area contributed by atoms with Gasteiger partial charge >= 0.3 is 0 Å². The highest BCUT2D eigenvalue weighted by Crippen LogP contribution is 2.58. The van der Waals surface area contributed by atoms with Crippen molar-refractivity contribution in [3.63, 3.8) is 0 Å². The fraction of sp³-hybridized carbons (Fsp3) is 0.326. The molecule has 13 nitrogen and oxygen atoms in total. The number of likely N-dealkylation sites (N-methyl/N-ethyl adjacent to an activating group) is 1. The van der Waals surface area contributed by atoms with Gasteiger partial charge in [0.2, 0.25) is 21.6 Å². The Balaban J connectivity index is 1.33. The summed E-state index contributed by atoms with van der Waals surface area (Å²) in [4.78, 5) is 33.0. The molecule has 61 heavy (non-hydrogen) atoms. The van der Waals surface area contributed by atoms with Crippen molar-refractivity contribution in [3.05, 3.63) is 147 Å². The number of fused-ring (bicyclic) bond motifs is 4. The lowest BCUT2D eigenvalue weighted by molar-refractivity contribution is -0.155. The van der Waals surface area contributed by atoms with Crippen LogP contribution in [0, 0.1) is 17.7 Å². The molecule has 15 heteroatoms. The SMILES string of the molecule is CNCCc1c(F)c2c(c(OCc3ccccc3)c1NS(C)(=O)=O)C(O)=C1C(=O)[C@]3(OCc4ccccc4)C(=O)c4c(OCc5ccccc5)noc4[C@@H](N(C)C)[C@@H]3C[C@@H]1C2. The van der Waals surface area contributed by atoms with Gasteiger partial charge in [0.25, 0.3) is 5.88 Å². The summed E-state index contributed by atoms with van der Waals surface area (Å²) in [5.74, 6) is -4.65. The number of aliphatic hydroxyl groups is 1. The van der Waals surface area contributed by atoms with E-state index in [4.69, 9.17) is 18.7 Å². The summed E-state index contributed by atoms with van der Waals surface area (Å²) in [6, 6.07) is 26.7. The Bertz CT molecular complexity index is 2600. The van der Waals surface area contributed by atoms with E-state index in [2.05, 4.69) is 15.2 Å². The lowest BCUT2D eigenvalue weighted by Crippen LogP contribution is -2.64. The normalized spacial score (nSPS) is 20.8. The predicted molar refractivity (Wildman–Crippen MR) is 225 cm³/mol. The maximum Gasteiger partial charge on any atom is 0.265 e. The van der Waals surface area contributed by atoms with Gasteiger partial charge in [0.05, 0.1) is 30.2 Å². The lowest BCUT2D eigenvalue weighted by atomic mass is 9.56. The highest BCUT2D eigenvalue weighted by molar-refractivity contribution is 7.92. The van der Waals surface area contributed by atoms with Crippen LogP contribution in [0.3, 0.4) is 0 Å². The maximum absolute atomic E-state index is 17.2. The quantitative estimate of drug-likeness (QED) is 0.0968. The summed E-state index contributed by atoms with van der Waals surface area (Å²) in [5.41, 5.74) is -0.492. The van der Waals surface area contributed by atoms with E-state index < -0.39 is 56.6 Å². The van der Waals surface area contributed by atoms with Gasteiger partial charge in [0.15, 0.2) is 17.1 Å². The van der Waals surface area contributed by atoms with E-state index in [0.717, 1.165) is 11.8 Å². The predicted octanol–water partition coefficient (Wildman–Crippen LogP) is 6.59. The molecule has 3 aliphatic rings. The van der Waals surface area contributed by atoms with Crippen molar-refractivity contribution >= 4 is 33.0 Å². The van der Waals surface area contributed by atoms with Crippen LogP contribution >= 0.6 is 0 Å². The molecule has 4 aromatic carbocycles. The van der Waals surface area contributed by atoms with Gasteiger partial charge < -0.3 is 29.2 Å². The van der Waals surface area contributed by atoms with Crippen molar-refractivity contribution in [2.24, 2.45) is 11.8 Å². The standard InChI is InChI=1S/C46H47FN4O9S/c1-48-21-20-31-37(47)32-22-30-23-33-39(51(2)3)42-36(45(49-60-42)58-25-28-16-10-6-11-17-28)44(54)46(33,59-26-29-18-12-7-13-19-29)43(53)34(30)40(52)35(32)41(38(31)50-61(4,55)56)57-24-27-14-8-5-9-15-27/h5-19,30,33,39,48,50,52H,20-26H2,1-4H3/t30-,33-,39-,46-/m0/s1. The number of nitrogens with one attached hydrogen (secondary N) is 2. The molecule has 318 valence electrons. The molecule has 3 N–H and O–H groups in total. The van der Waals surface area contributed by atoms with Crippen LogP contribution in [0.15, 0.2) is 101 Å². The van der Waals surface area contributed by atoms with Crippen molar-refractivity contribution in [1.82, 2.24) is 15.4 Å². The Labute approximate surface area is 353 Å². The van der Waals surface area contributed by atoms with Crippen molar-refractivity contribution in [2.45, 2.75) is 50.7 Å². The van der Waals surface area contributed by atoms with Crippen LogP contribution in [0.4, 0.5) is 10.1 Å². The van der Waals surface area contributed by atoms with Gasteiger partial charge in [-0.3, -0.25) is 19.2 Å². The molecular formula is C46H47FN4O9S. The van der Waals surface area contributed by atoms with E-state index >= 15 is 14.0 Å². The van der Waals surface area contributed by atoms with E-state index in [-0.39, 0.29) is 96.5 Å². The zero-order chi connectivity index (χ0) is 43.1. The van der Waals surface area contributed by atoms with E-state index in [1.165, 1.54) is 0 Å². The number of benzene rings is 4. The molecular weight excluding hydrogens is 804 g/mol. The first-order valence-electron chi connectivity index (χ1n) is 20.0. The molecule has 0 aliphatic heterocycles. The van der Waals surface area contributed by atoms with E-state index in [9.17, 15) is 13.5 Å². The zero-order valence-corrected chi connectivity index (χ0v) is 35.1. The van der Waals surface area contributed by atoms with Gasteiger partial charge in [-0.05, 0) is 74.7 Å². The number of hydrogen-bond acceptors (Lipinski definition) is 12. The van der Waals surface area contributed by atoms with Gasteiger partial charge in [-0.2, -0.15) is 0 Å². The Hall–Kier alpha value is -5.87. The summed E-state index contributed by atoms with van der Waals surface area (Å²) in [6.45, 7) is 0.105. The number of rotatable bonds is 15. The van der Waals surface area contributed by atoms with E-state index in [1.807, 2.05) is 83.8 Å². The minimum atomic E-state index is -4.03. The maximum atomic E-state index is 17.2. The summed E-state index contributed by atoms with van der Waals surface area (Å²) < 4.78 is 70.6. The number of Topliss-reactive ketones (excluding diaryl/α,β-unsaturated/α-hetero) is 2. The highest BCUT2D eigenvalue weighted by Gasteiger charge is 2.67. The average Bonchev–Trinajstić information content (AvgIpc) is 3.66. The van der Waals surface area contributed by atoms with Crippen LogP contribution in [-0.2, 0) is 52.2 Å². The molecule has 1 saturated carbocycles. The molecule has 0 bridgehead atoms. The number of nitrogens with zero attached hydrogens (tertiary/aromatic N) is 2. The number of carbonyl (C=O) groups is 2. The first-order chi connectivity index (χ1) is 29.3. The number of carbonyl (C=O) groups excluding carboxylic acids is 2. The first kappa shape index (κ1) is 41.8. The summed E-state index contributed by atoms with van der Waals surface area (Å²) in [7, 11) is 1.25. The van der Waals surface area contributed by atoms with Crippen LogP contribution in [0.1, 0.15) is 62.0 Å². The Morgan fingerprint density at radius 1 is 0.885 bits per heavy atom. The molecule has 8 rings (SSSR count). The van der Waals surface area contributed by atoms with Crippen LogP contribution in [0.2, 0.25) is 0 Å². The van der Waals surface area contributed by atoms with E-state index in [0.29, 0.717) is 11.1 Å². The summed E-state index contributed by atoms with van der Waals surface area (Å²) in [5, 5.41) is 19.8. The second kappa shape index (κ2) is 16.9. The first-order valence-corrected chi connectivity index (χ1v) is 21.9. The number of aromatic nitrogens is 1. The molecule has 0 saturated heterocycles. The molecule has 0 spiro atoms. The van der Waals surface area contributed by atoms with Gasteiger partial charge in [-0.25, -0.2) is 12.8 Å². The third-order valence-corrected chi connectivity index (χ3v) is 12.3. The Kier molecular flexibility index (Phi) is 11.6. The smallest absolute Gasteiger partial charge is 0.265 e. The number of ketones is 2. The van der Waals surface area contributed by atoms with Gasteiger partial charge in [-0.15, -0.1) is 0 Å². The zero-order valence-electron chi connectivity index (χ0n) is 34.2. The number of halogens is 1. The molecule has 0 amide bonds. The lowest BCUT2D eigenvalue weighted by Gasteiger charge is -2.51. The largest absolute Gasteiger partial charge is 0.507 e. The van der Waals surface area contributed by atoms with Crippen molar-refractivity contribution in [2.75, 3.05) is 38.7 Å². The summed E-state index contributed by atoms with van der Waals surface area (Å²) in [6.07, 6.45) is 1.01. The number of hydrogen-bond donors (Lipinski definition) is 3.